The van der Waals surface area contributed by atoms with Crippen LogP contribution in [0.2, 0.25) is 0 Å². The first kappa shape index (κ1) is 29.9. The molecule has 3 saturated carbocycles. The summed E-state index contributed by atoms with van der Waals surface area (Å²) in [6, 6.07) is 34.1. The normalized spacial score (nSPS) is 31.1. The molecule has 50 heavy (non-hydrogen) atoms. The van der Waals surface area contributed by atoms with Crippen molar-refractivity contribution in [2.24, 2.45) is 29.6 Å². The smallest absolute Gasteiger partial charge is 0.146 e. The lowest BCUT2D eigenvalue weighted by molar-refractivity contribution is 0.184. The Bertz CT molecular complexity index is 2430. The van der Waals surface area contributed by atoms with E-state index in [1.165, 1.54) is 89.2 Å². The molecule has 4 aromatic carbocycles. The van der Waals surface area contributed by atoms with Crippen molar-refractivity contribution in [2.45, 2.75) is 62.9 Å². The molecule has 5 aliphatic rings. The third-order valence-electron chi connectivity index (χ3n) is 13.7. The van der Waals surface area contributed by atoms with Gasteiger partial charge in [0.05, 0.1) is 22.3 Å². The summed E-state index contributed by atoms with van der Waals surface area (Å²) in [5, 5.41) is 16.7. The highest BCUT2D eigenvalue weighted by Crippen LogP contribution is 2.76. The van der Waals surface area contributed by atoms with Crippen molar-refractivity contribution in [1.29, 1.82) is 5.41 Å². The molecule has 5 heteroatoms. The molecule has 1 N–H and O–H groups in total. The average molecular weight is 687 g/mol. The molecule has 2 aromatic heterocycles. The molecule has 11 rings (SSSR count). The van der Waals surface area contributed by atoms with Gasteiger partial charge in [-0.1, -0.05) is 105 Å². The number of fused-ring (bicyclic) bond motifs is 14. The quantitative estimate of drug-likeness (QED) is 0.112. The second kappa shape index (κ2) is 11.1. The van der Waals surface area contributed by atoms with Crippen molar-refractivity contribution in [2.75, 3.05) is 0 Å². The molecule has 0 saturated heterocycles. The van der Waals surface area contributed by atoms with E-state index in [1.54, 1.807) is 0 Å². The van der Waals surface area contributed by atoms with Crippen LogP contribution in [0.25, 0.3) is 38.4 Å². The van der Waals surface area contributed by atoms with E-state index in [0.717, 1.165) is 39.8 Å². The van der Waals surface area contributed by atoms with Gasteiger partial charge >= 0.3 is 0 Å². The van der Waals surface area contributed by atoms with Crippen LogP contribution in [0.15, 0.2) is 97.1 Å². The molecular formula is C45H42N3P2+. The number of nitrogens with zero attached hydrogens (tertiary/aromatic N) is 2. The topological polar surface area (TPSA) is 41.2 Å². The number of nitrogens with one attached hydrogen (secondary N) is 1. The maximum atomic E-state index is 9.97. The Labute approximate surface area is 297 Å². The summed E-state index contributed by atoms with van der Waals surface area (Å²) < 4.78 is 2.39. The Morgan fingerprint density at radius 3 is 2.24 bits per heavy atom. The van der Waals surface area contributed by atoms with Crippen molar-refractivity contribution < 1.29 is 0 Å². The molecule has 4 aliphatic carbocycles. The standard InChI is InChI=1S/C45H42N3P2/c46-43(41-31-17-3-1-13-27(31)28-14-2-4-18-32(28)41)35-21-11-23-37-44(35)47-45-34-20-6-5-19-33(34)42-36(48(37)45)22-12-26-40(42)50(49)38-24-9-7-15-29(38)30-16-8-10-25-39(30)50/h5-10,12,15-16,19-20,22-29,31-32,38,41,46H,1-4,13-14,17-18,49H2/q+1. The van der Waals surface area contributed by atoms with Gasteiger partial charge in [-0.2, -0.15) is 0 Å². The highest BCUT2D eigenvalue weighted by molar-refractivity contribution is 8.33. The Morgan fingerprint density at radius 2 is 1.44 bits per heavy atom. The Balaban J connectivity index is 1.16. The van der Waals surface area contributed by atoms with E-state index in [-0.39, 0.29) is 0 Å². The average Bonchev–Trinajstić information content (AvgIpc) is 3.82. The third-order valence-corrected chi connectivity index (χ3v) is 20.3. The minimum Gasteiger partial charge on any atom is -0.304 e. The van der Waals surface area contributed by atoms with Crippen LogP contribution in [0.1, 0.15) is 68.4 Å². The molecule has 0 radical (unpaired) electrons. The molecule has 6 aromatic rings. The number of benzene rings is 3. The van der Waals surface area contributed by atoms with E-state index in [1.807, 2.05) is 0 Å². The number of hydrogen-bond donors (Lipinski definition) is 1. The van der Waals surface area contributed by atoms with Crippen molar-refractivity contribution in [3.8, 4) is 0 Å². The maximum absolute atomic E-state index is 9.97. The number of aromatic nitrogens is 2. The fourth-order valence-electron chi connectivity index (χ4n) is 11.9. The lowest BCUT2D eigenvalue weighted by atomic mass is 9.73. The van der Waals surface area contributed by atoms with Gasteiger partial charge in [0.1, 0.15) is 34.4 Å². The van der Waals surface area contributed by atoms with E-state index in [4.69, 9.17) is 4.98 Å². The molecule has 3 nitrogen and oxygen atoms in total. The molecule has 246 valence electrons. The minimum atomic E-state index is -1.93. The van der Waals surface area contributed by atoms with Gasteiger partial charge in [-0.15, -0.1) is 0 Å². The maximum Gasteiger partial charge on any atom is 0.146 e. The zero-order valence-corrected chi connectivity index (χ0v) is 30.4. The Morgan fingerprint density at radius 1 is 0.760 bits per heavy atom. The highest BCUT2D eigenvalue weighted by atomic mass is 32.1. The van der Waals surface area contributed by atoms with E-state index in [0.29, 0.717) is 29.3 Å². The lowest BCUT2D eigenvalue weighted by Gasteiger charge is -2.32. The van der Waals surface area contributed by atoms with Gasteiger partial charge in [0.15, 0.2) is 0 Å². The zero-order valence-electron chi connectivity index (χ0n) is 28.4. The summed E-state index contributed by atoms with van der Waals surface area (Å²) >= 11 is 0. The molecule has 3 heterocycles. The zero-order chi connectivity index (χ0) is 33.1. The monoisotopic (exact) mass is 686 g/mol. The second-order valence-corrected chi connectivity index (χ2v) is 21.4. The van der Waals surface area contributed by atoms with Crippen LogP contribution in [0, 0.1) is 47.1 Å². The molecule has 8 unspecified atom stereocenters. The van der Waals surface area contributed by atoms with Crippen LogP contribution in [-0.4, -0.2) is 20.8 Å². The number of imidazole rings is 1. The van der Waals surface area contributed by atoms with Gasteiger partial charge in [-0.05, 0) is 79.0 Å². The van der Waals surface area contributed by atoms with Crippen LogP contribution < -0.4 is 10.6 Å². The minimum absolute atomic E-state index is 0.320. The summed E-state index contributed by atoms with van der Waals surface area (Å²) in [5.41, 5.74) is 7.69. The second-order valence-electron chi connectivity index (χ2n) is 15.8. The fraction of sp³-hybridized carbons (Fsp3) is 0.333. The van der Waals surface area contributed by atoms with Crippen LogP contribution in [0.4, 0.5) is 0 Å². The summed E-state index contributed by atoms with van der Waals surface area (Å²) in [6.45, 7) is -1.93. The molecule has 1 aliphatic heterocycles. The highest BCUT2D eigenvalue weighted by Gasteiger charge is 2.57. The van der Waals surface area contributed by atoms with Gasteiger partial charge < -0.3 is 5.41 Å². The molecule has 8 atom stereocenters. The van der Waals surface area contributed by atoms with Gasteiger partial charge in [-0.3, -0.25) is 4.40 Å². The van der Waals surface area contributed by atoms with Crippen LogP contribution in [-0.2, 0) is 0 Å². The Kier molecular flexibility index (Phi) is 6.62. The first-order valence-electron chi connectivity index (χ1n) is 18.9. The van der Waals surface area contributed by atoms with Crippen molar-refractivity contribution in [3.05, 3.63) is 120 Å². The fourth-order valence-corrected chi connectivity index (χ4v) is 18.0. The van der Waals surface area contributed by atoms with Crippen LogP contribution in [0.3, 0.4) is 0 Å². The van der Waals surface area contributed by atoms with Gasteiger partial charge in [0.25, 0.3) is 0 Å². The van der Waals surface area contributed by atoms with Gasteiger partial charge in [0, 0.05) is 43.2 Å². The largest absolute Gasteiger partial charge is 0.304 e. The first-order chi connectivity index (χ1) is 24.6. The number of rotatable bonds is 3. The summed E-state index contributed by atoms with van der Waals surface area (Å²) in [4.78, 5) is 5.49. The molecule has 0 spiro atoms. The van der Waals surface area contributed by atoms with Crippen LogP contribution in [0.5, 0.6) is 0 Å². The predicted molar refractivity (Wildman–Crippen MR) is 214 cm³/mol. The van der Waals surface area contributed by atoms with Crippen molar-refractivity contribution in [1.82, 2.24) is 9.38 Å². The van der Waals surface area contributed by atoms with E-state index in [9.17, 15) is 5.41 Å². The number of hydrogen-bond acceptors (Lipinski definition) is 2. The summed E-state index contributed by atoms with van der Waals surface area (Å²) in [7, 11) is 3.48. The van der Waals surface area contributed by atoms with E-state index >= 15 is 0 Å². The van der Waals surface area contributed by atoms with Gasteiger partial charge in [0.2, 0.25) is 0 Å². The number of pyridine rings is 1. The molecule has 3 fully saturated rings. The van der Waals surface area contributed by atoms with Crippen LogP contribution >= 0.6 is 15.9 Å². The third kappa shape index (κ3) is 3.91. The summed E-state index contributed by atoms with van der Waals surface area (Å²) in [6.07, 6.45) is 20.0. The van der Waals surface area contributed by atoms with E-state index in [2.05, 4.69) is 123 Å². The molecule has 0 bridgehead atoms. The molecular weight excluding hydrogens is 644 g/mol. The predicted octanol–water partition coefficient (Wildman–Crippen LogP) is 10.4. The lowest BCUT2D eigenvalue weighted by Crippen LogP contribution is -2.28. The Hall–Kier alpha value is -3.82. The van der Waals surface area contributed by atoms with Gasteiger partial charge in [-0.25, -0.2) is 4.98 Å². The molecule has 0 amide bonds. The van der Waals surface area contributed by atoms with Crippen molar-refractivity contribution in [3.63, 3.8) is 0 Å². The SMILES string of the molecule is N=C(c1c#ccc2c1nc1c3ccccc3c3c([P+]4(P)c5ccccc5C5C=CC=CC54)cccc3n21)C1C2CCCCC2C2CCCCC21. The number of allylic oxidation sites excluding steroid dienone is 4. The first-order valence-corrected chi connectivity index (χ1v) is 22.4. The summed E-state index contributed by atoms with van der Waals surface area (Å²) in [5.74, 6) is 3.58. The van der Waals surface area contributed by atoms with E-state index < -0.39 is 6.95 Å². The van der Waals surface area contributed by atoms with Crippen molar-refractivity contribution >= 4 is 70.6 Å².